The van der Waals surface area contributed by atoms with E-state index in [0.29, 0.717) is 0 Å². The van der Waals surface area contributed by atoms with E-state index in [9.17, 15) is 0 Å². The Morgan fingerprint density at radius 3 is 2.70 bits per heavy atom. The zero-order valence-corrected chi connectivity index (χ0v) is 13.5. The normalized spacial score (nSPS) is 10.6. The van der Waals surface area contributed by atoms with E-state index in [4.69, 9.17) is 5.73 Å². The van der Waals surface area contributed by atoms with E-state index in [1.165, 1.54) is 5.56 Å². The zero-order valence-electron chi connectivity index (χ0n) is 11.9. The molecule has 1 aromatic carbocycles. The largest absolute Gasteiger partial charge is 0.398 e. The van der Waals surface area contributed by atoms with Crippen molar-refractivity contribution in [2.24, 2.45) is 0 Å². The number of nitrogens with zero attached hydrogens (tertiary/aromatic N) is 2. The molecule has 0 aliphatic carbocycles. The Balaban J connectivity index is 2.27. The molecule has 3 nitrogen and oxygen atoms in total. The van der Waals surface area contributed by atoms with Gasteiger partial charge < -0.3 is 10.6 Å². The van der Waals surface area contributed by atoms with Crippen molar-refractivity contribution < 1.29 is 0 Å². The van der Waals surface area contributed by atoms with Crippen molar-refractivity contribution in [2.45, 2.75) is 26.8 Å². The van der Waals surface area contributed by atoms with Gasteiger partial charge in [-0.2, -0.15) is 0 Å². The van der Waals surface area contributed by atoms with Gasteiger partial charge in [-0.3, -0.25) is 0 Å². The van der Waals surface area contributed by atoms with Crippen LogP contribution in [0.1, 0.15) is 24.5 Å². The summed E-state index contributed by atoms with van der Waals surface area (Å²) in [5, 5.41) is 0. The fraction of sp³-hybridized carbons (Fsp3) is 0.312. The van der Waals surface area contributed by atoms with Crippen molar-refractivity contribution in [3.05, 3.63) is 52.1 Å². The lowest BCUT2D eigenvalue weighted by molar-refractivity contribution is 0.755. The molecule has 0 saturated heterocycles. The molecule has 0 bridgehead atoms. The van der Waals surface area contributed by atoms with E-state index in [1.807, 2.05) is 24.4 Å². The Morgan fingerprint density at radius 2 is 2.05 bits per heavy atom. The molecule has 106 valence electrons. The quantitative estimate of drug-likeness (QED) is 0.835. The van der Waals surface area contributed by atoms with Crippen LogP contribution in [0.5, 0.6) is 0 Å². The lowest BCUT2D eigenvalue weighted by Gasteiger charge is -2.24. The predicted molar refractivity (Wildman–Crippen MR) is 88.9 cm³/mol. The molecule has 0 atom stereocenters. The molecule has 0 radical (unpaired) electrons. The highest BCUT2D eigenvalue weighted by atomic mass is 79.9. The summed E-state index contributed by atoms with van der Waals surface area (Å²) in [6, 6.07) is 10.1. The van der Waals surface area contributed by atoms with E-state index in [2.05, 4.69) is 51.8 Å². The van der Waals surface area contributed by atoms with Gasteiger partial charge in [0.25, 0.3) is 0 Å². The fourth-order valence-corrected chi connectivity index (χ4v) is 2.34. The van der Waals surface area contributed by atoms with Crippen LogP contribution in [0.15, 0.2) is 41.0 Å². The van der Waals surface area contributed by atoms with Crippen LogP contribution in [0.3, 0.4) is 0 Å². The van der Waals surface area contributed by atoms with Gasteiger partial charge in [0, 0.05) is 29.4 Å². The van der Waals surface area contributed by atoms with Gasteiger partial charge in [-0.1, -0.05) is 25.1 Å². The summed E-state index contributed by atoms with van der Waals surface area (Å²) in [6.45, 7) is 6.00. The Labute approximate surface area is 129 Å². The molecule has 0 fully saturated rings. The van der Waals surface area contributed by atoms with Crippen LogP contribution in [0, 0.1) is 6.92 Å². The monoisotopic (exact) mass is 333 g/mol. The van der Waals surface area contributed by atoms with Crippen LogP contribution in [0.4, 0.5) is 11.5 Å². The summed E-state index contributed by atoms with van der Waals surface area (Å²) >= 11 is 3.49. The summed E-state index contributed by atoms with van der Waals surface area (Å²) in [5.74, 6) is 0.996. The molecule has 0 spiro atoms. The molecule has 1 heterocycles. The van der Waals surface area contributed by atoms with Gasteiger partial charge in [-0.15, -0.1) is 0 Å². The van der Waals surface area contributed by atoms with Gasteiger partial charge in [-0.25, -0.2) is 4.98 Å². The number of hydrogen-bond donors (Lipinski definition) is 1. The number of para-hydroxylation sites is 1. The summed E-state index contributed by atoms with van der Waals surface area (Å²) in [6.07, 6.45) is 2.94. The number of hydrogen-bond acceptors (Lipinski definition) is 3. The lowest BCUT2D eigenvalue weighted by atomic mass is 10.1. The number of nitrogen functional groups attached to an aromatic ring is 1. The second kappa shape index (κ2) is 6.75. The van der Waals surface area contributed by atoms with Crippen molar-refractivity contribution >= 4 is 27.4 Å². The number of aromatic nitrogens is 1. The molecule has 0 saturated carbocycles. The molecule has 0 unspecified atom stereocenters. The molecule has 2 rings (SSSR count). The van der Waals surface area contributed by atoms with Crippen molar-refractivity contribution in [1.82, 2.24) is 4.98 Å². The van der Waals surface area contributed by atoms with Crippen LogP contribution in [-0.4, -0.2) is 11.5 Å². The molecule has 2 N–H and O–H groups in total. The first-order valence-electron chi connectivity index (χ1n) is 6.82. The summed E-state index contributed by atoms with van der Waals surface area (Å²) < 4.78 is 1.04. The highest BCUT2D eigenvalue weighted by molar-refractivity contribution is 9.10. The first-order valence-corrected chi connectivity index (χ1v) is 7.61. The van der Waals surface area contributed by atoms with E-state index in [1.54, 1.807) is 0 Å². The Kier molecular flexibility index (Phi) is 5.01. The van der Waals surface area contributed by atoms with Gasteiger partial charge >= 0.3 is 0 Å². The number of rotatable bonds is 5. The van der Waals surface area contributed by atoms with E-state index >= 15 is 0 Å². The van der Waals surface area contributed by atoms with Gasteiger partial charge in [-0.05, 0) is 52.5 Å². The summed E-state index contributed by atoms with van der Waals surface area (Å²) in [4.78, 5) is 6.79. The minimum Gasteiger partial charge on any atom is -0.398 e. The molecule has 0 aliphatic rings. The van der Waals surface area contributed by atoms with Gasteiger partial charge in [0.15, 0.2) is 0 Å². The molecule has 1 aromatic heterocycles. The highest BCUT2D eigenvalue weighted by Gasteiger charge is 2.10. The second-order valence-corrected chi connectivity index (χ2v) is 5.77. The topological polar surface area (TPSA) is 42.1 Å². The van der Waals surface area contributed by atoms with Crippen LogP contribution < -0.4 is 10.6 Å². The van der Waals surface area contributed by atoms with Crippen molar-refractivity contribution in [1.29, 1.82) is 0 Å². The number of aryl methyl sites for hydroxylation is 1. The number of benzene rings is 1. The van der Waals surface area contributed by atoms with Crippen molar-refractivity contribution in [3.8, 4) is 0 Å². The first-order chi connectivity index (χ1) is 9.61. The molecule has 2 aromatic rings. The molecular formula is C16H20BrN3. The van der Waals surface area contributed by atoms with Crippen LogP contribution >= 0.6 is 15.9 Å². The maximum Gasteiger partial charge on any atom is 0.129 e. The van der Waals surface area contributed by atoms with Crippen LogP contribution in [-0.2, 0) is 6.54 Å². The van der Waals surface area contributed by atoms with Gasteiger partial charge in [0.05, 0.1) is 0 Å². The van der Waals surface area contributed by atoms with Gasteiger partial charge in [0.1, 0.15) is 5.82 Å². The van der Waals surface area contributed by atoms with Crippen LogP contribution in [0.25, 0.3) is 0 Å². The van der Waals surface area contributed by atoms with E-state index < -0.39 is 0 Å². The molecule has 20 heavy (non-hydrogen) atoms. The number of anilines is 2. The second-order valence-electron chi connectivity index (χ2n) is 4.91. The standard InChI is InChI=1S/C16H20BrN3/c1-3-8-20(11-13-6-4-5-7-15(13)18)16-9-12(2)14(17)10-19-16/h4-7,9-10H,3,8,11,18H2,1-2H3. The number of nitrogens with two attached hydrogens (primary N) is 1. The lowest BCUT2D eigenvalue weighted by Crippen LogP contribution is -2.25. The van der Waals surface area contributed by atoms with Crippen molar-refractivity contribution in [2.75, 3.05) is 17.2 Å². The average molecular weight is 334 g/mol. The van der Waals surface area contributed by atoms with E-state index in [0.717, 1.165) is 41.1 Å². The third kappa shape index (κ3) is 3.51. The SMILES string of the molecule is CCCN(Cc1ccccc1N)c1cc(C)c(Br)cn1. The third-order valence-electron chi connectivity index (χ3n) is 3.27. The Hall–Kier alpha value is -1.55. The summed E-state index contributed by atoms with van der Waals surface area (Å²) in [5.41, 5.74) is 9.21. The fourth-order valence-electron chi connectivity index (χ4n) is 2.13. The highest BCUT2D eigenvalue weighted by Crippen LogP contribution is 2.23. The predicted octanol–water partition coefficient (Wildman–Crippen LogP) is 4.15. The first kappa shape index (κ1) is 14.9. The van der Waals surface area contributed by atoms with Crippen LogP contribution in [0.2, 0.25) is 0 Å². The number of pyridine rings is 1. The molecule has 0 amide bonds. The molecular weight excluding hydrogens is 314 g/mol. The zero-order chi connectivity index (χ0) is 14.5. The third-order valence-corrected chi connectivity index (χ3v) is 4.10. The van der Waals surface area contributed by atoms with Crippen molar-refractivity contribution in [3.63, 3.8) is 0 Å². The minimum atomic E-state index is 0.786. The average Bonchev–Trinajstić information content (AvgIpc) is 2.44. The van der Waals surface area contributed by atoms with E-state index in [-0.39, 0.29) is 0 Å². The maximum atomic E-state index is 6.04. The molecule has 0 aliphatic heterocycles. The minimum absolute atomic E-state index is 0.786. The molecule has 4 heteroatoms. The maximum absolute atomic E-state index is 6.04. The summed E-state index contributed by atoms with van der Waals surface area (Å²) in [7, 11) is 0. The number of halogens is 1. The Bertz CT molecular complexity index is 584. The Morgan fingerprint density at radius 1 is 1.30 bits per heavy atom. The van der Waals surface area contributed by atoms with Gasteiger partial charge in [0.2, 0.25) is 0 Å². The smallest absolute Gasteiger partial charge is 0.129 e.